The summed E-state index contributed by atoms with van der Waals surface area (Å²) in [5, 5.41) is 11.7. The van der Waals surface area contributed by atoms with Crippen LogP contribution in [0.1, 0.15) is 58.1 Å². The molecule has 0 unspecified atom stereocenters. The van der Waals surface area contributed by atoms with E-state index in [1.54, 1.807) is 13.8 Å². The van der Waals surface area contributed by atoms with E-state index in [2.05, 4.69) is 5.32 Å². The van der Waals surface area contributed by atoms with Gasteiger partial charge in [-0.05, 0) is 50.3 Å². The molecule has 2 atom stereocenters. The number of benzene rings is 1. The van der Waals surface area contributed by atoms with E-state index in [1.807, 2.05) is 56.3 Å². The number of hydrogen-bond donors (Lipinski definition) is 2. The number of ether oxygens (including phenoxy) is 1. The molecular formula is C24H33NO5. The van der Waals surface area contributed by atoms with E-state index in [0.29, 0.717) is 19.4 Å². The van der Waals surface area contributed by atoms with Crippen LogP contribution in [0, 0.1) is 5.92 Å². The van der Waals surface area contributed by atoms with Crippen LogP contribution in [0.2, 0.25) is 0 Å². The van der Waals surface area contributed by atoms with Crippen LogP contribution >= 0.6 is 0 Å². The first-order valence-electron chi connectivity index (χ1n) is 10.4. The van der Waals surface area contributed by atoms with Gasteiger partial charge in [0.15, 0.2) is 0 Å². The fourth-order valence-electron chi connectivity index (χ4n) is 3.18. The molecule has 0 saturated carbocycles. The van der Waals surface area contributed by atoms with Gasteiger partial charge < -0.3 is 15.2 Å². The van der Waals surface area contributed by atoms with Crippen molar-refractivity contribution in [2.75, 3.05) is 6.61 Å². The van der Waals surface area contributed by atoms with Crippen molar-refractivity contribution in [3.8, 4) is 0 Å². The van der Waals surface area contributed by atoms with Crippen molar-refractivity contribution in [3.63, 3.8) is 0 Å². The first-order chi connectivity index (χ1) is 14.3. The molecule has 0 bridgehead atoms. The molecule has 0 aliphatic carbocycles. The number of aliphatic carboxylic acids is 1. The van der Waals surface area contributed by atoms with Gasteiger partial charge in [0.05, 0.1) is 18.9 Å². The number of allylic oxidation sites excluding steroid dienone is 4. The number of amides is 1. The highest BCUT2D eigenvalue weighted by Crippen LogP contribution is 2.19. The Morgan fingerprint density at radius 3 is 2.33 bits per heavy atom. The van der Waals surface area contributed by atoms with Crippen LogP contribution < -0.4 is 5.32 Å². The van der Waals surface area contributed by atoms with Gasteiger partial charge in [0.1, 0.15) is 0 Å². The van der Waals surface area contributed by atoms with Gasteiger partial charge in [0.25, 0.3) is 0 Å². The molecule has 1 amide bonds. The minimum atomic E-state index is -1.02. The van der Waals surface area contributed by atoms with Gasteiger partial charge in [-0.3, -0.25) is 14.4 Å². The zero-order chi connectivity index (χ0) is 22.5. The SMILES string of the molecule is C/C=C\C(=C/C)c1ccc(C[C@H](C[C@@H](C)C(=O)OCC)NC(=O)CCC(=O)O)cc1. The number of carboxylic acids is 1. The molecule has 1 aromatic rings. The molecule has 164 valence electrons. The third-order valence-corrected chi connectivity index (χ3v) is 4.68. The van der Waals surface area contributed by atoms with Crippen molar-refractivity contribution in [1.29, 1.82) is 0 Å². The molecule has 0 aromatic heterocycles. The second-order valence-corrected chi connectivity index (χ2v) is 7.19. The highest BCUT2D eigenvalue weighted by molar-refractivity contribution is 5.81. The standard InChI is InChI=1S/C24H33NO5/c1-5-8-19(6-2)20-11-9-18(10-12-20)16-21(15-17(4)24(29)30-7-3)25-22(26)13-14-23(27)28/h5-6,8-12,17,21H,7,13-16H2,1-4H3,(H,25,26)(H,27,28)/b8-5-,19-6+/t17-,21+/m1/s1. The smallest absolute Gasteiger partial charge is 0.308 e. The van der Waals surface area contributed by atoms with Crippen LogP contribution in [-0.4, -0.2) is 35.6 Å². The summed E-state index contributed by atoms with van der Waals surface area (Å²) in [6, 6.07) is 7.78. The number of carboxylic acid groups (broad SMARTS) is 1. The van der Waals surface area contributed by atoms with Crippen molar-refractivity contribution in [3.05, 3.63) is 53.6 Å². The summed E-state index contributed by atoms with van der Waals surface area (Å²) in [5.41, 5.74) is 3.24. The molecule has 0 aliphatic heterocycles. The highest BCUT2D eigenvalue weighted by atomic mass is 16.5. The fraction of sp³-hybridized carbons (Fsp3) is 0.458. The summed E-state index contributed by atoms with van der Waals surface area (Å²) in [4.78, 5) is 34.9. The molecule has 0 heterocycles. The fourth-order valence-corrected chi connectivity index (χ4v) is 3.18. The van der Waals surface area contributed by atoms with Gasteiger partial charge in [0.2, 0.25) is 5.91 Å². The topological polar surface area (TPSA) is 92.7 Å². The van der Waals surface area contributed by atoms with Gasteiger partial charge >= 0.3 is 11.9 Å². The summed E-state index contributed by atoms with van der Waals surface area (Å²) < 4.78 is 5.07. The van der Waals surface area contributed by atoms with Gasteiger partial charge in [-0.2, -0.15) is 0 Å². The first kappa shape index (κ1) is 25.1. The Morgan fingerprint density at radius 2 is 1.80 bits per heavy atom. The molecule has 6 heteroatoms. The first-order valence-corrected chi connectivity index (χ1v) is 10.4. The lowest BCUT2D eigenvalue weighted by molar-refractivity contribution is -0.148. The van der Waals surface area contributed by atoms with Crippen LogP contribution in [0.4, 0.5) is 0 Å². The Morgan fingerprint density at radius 1 is 1.13 bits per heavy atom. The van der Waals surface area contributed by atoms with E-state index in [-0.39, 0.29) is 36.7 Å². The number of hydrogen-bond acceptors (Lipinski definition) is 4. The van der Waals surface area contributed by atoms with Crippen LogP contribution in [0.3, 0.4) is 0 Å². The quantitative estimate of drug-likeness (QED) is 0.395. The molecule has 30 heavy (non-hydrogen) atoms. The number of esters is 1. The molecule has 0 radical (unpaired) electrons. The lowest BCUT2D eigenvalue weighted by Gasteiger charge is -2.22. The summed E-state index contributed by atoms with van der Waals surface area (Å²) in [7, 11) is 0. The van der Waals surface area contributed by atoms with Crippen molar-refractivity contribution >= 4 is 23.4 Å². The van der Waals surface area contributed by atoms with Gasteiger partial charge in [0, 0.05) is 12.5 Å². The third kappa shape index (κ3) is 9.07. The molecule has 0 aliphatic rings. The highest BCUT2D eigenvalue weighted by Gasteiger charge is 2.22. The van der Waals surface area contributed by atoms with Crippen LogP contribution in [0.25, 0.3) is 5.57 Å². The minimum Gasteiger partial charge on any atom is -0.481 e. The van der Waals surface area contributed by atoms with Crippen LogP contribution in [0.15, 0.2) is 42.5 Å². The molecule has 6 nitrogen and oxygen atoms in total. The maximum Gasteiger partial charge on any atom is 0.308 e. The van der Waals surface area contributed by atoms with E-state index in [1.165, 1.54) is 0 Å². The third-order valence-electron chi connectivity index (χ3n) is 4.68. The van der Waals surface area contributed by atoms with Crippen LogP contribution in [-0.2, 0) is 25.5 Å². The van der Waals surface area contributed by atoms with E-state index >= 15 is 0 Å². The average molecular weight is 416 g/mol. The number of carbonyl (C=O) groups excluding carboxylic acids is 2. The second kappa shape index (κ2) is 13.4. The molecule has 2 N–H and O–H groups in total. The Bertz CT molecular complexity index is 764. The lowest BCUT2D eigenvalue weighted by Crippen LogP contribution is -2.39. The van der Waals surface area contributed by atoms with E-state index < -0.39 is 5.97 Å². The van der Waals surface area contributed by atoms with Gasteiger partial charge in [-0.25, -0.2) is 0 Å². The molecule has 1 aromatic carbocycles. The zero-order valence-electron chi connectivity index (χ0n) is 18.3. The van der Waals surface area contributed by atoms with Crippen molar-refractivity contribution in [2.24, 2.45) is 5.92 Å². The zero-order valence-corrected chi connectivity index (χ0v) is 18.3. The second-order valence-electron chi connectivity index (χ2n) is 7.19. The number of rotatable bonds is 12. The lowest BCUT2D eigenvalue weighted by atomic mass is 9.94. The Hall–Kier alpha value is -2.89. The summed E-state index contributed by atoms with van der Waals surface area (Å²) >= 11 is 0. The van der Waals surface area contributed by atoms with Crippen molar-refractivity contribution < 1.29 is 24.2 Å². The number of nitrogens with one attached hydrogen (secondary N) is 1. The molecular weight excluding hydrogens is 382 g/mol. The predicted molar refractivity (Wildman–Crippen MR) is 118 cm³/mol. The molecule has 0 saturated heterocycles. The Balaban J connectivity index is 2.91. The monoisotopic (exact) mass is 415 g/mol. The van der Waals surface area contributed by atoms with Gasteiger partial charge in [-0.15, -0.1) is 0 Å². The minimum absolute atomic E-state index is 0.0907. The molecule has 1 rings (SSSR count). The number of carbonyl (C=O) groups is 3. The summed E-state index contributed by atoms with van der Waals surface area (Å²) in [5.74, 6) is -2.03. The van der Waals surface area contributed by atoms with Crippen molar-refractivity contribution in [2.45, 2.75) is 59.4 Å². The normalized spacial score (nSPS) is 13.7. The Kier molecular flexibility index (Phi) is 11.2. The van der Waals surface area contributed by atoms with E-state index in [9.17, 15) is 14.4 Å². The predicted octanol–water partition coefficient (Wildman–Crippen LogP) is 4.15. The van der Waals surface area contributed by atoms with E-state index in [4.69, 9.17) is 9.84 Å². The summed E-state index contributed by atoms with van der Waals surface area (Å²) in [6.07, 6.45) is 6.71. The average Bonchev–Trinajstić information content (AvgIpc) is 2.71. The Labute approximate surface area is 179 Å². The molecule has 0 spiro atoms. The largest absolute Gasteiger partial charge is 0.481 e. The summed E-state index contributed by atoms with van der Waals surface area (Å²) in [6.45, 7) is 7.79. The van der Waals surface area contributed by atoms with Crippen molar-refractivity contribution in [1.82, 2.24) is 5.32 Å². The molecule has 0 fully saturated rings. The van der Waals surface area contributed by atoms with Crippen LogP contribution in [0.5, 0.6) is 0 Å². The maximum absolute atomic E-state index is 12.2. The van der Waals surface area contributed by atoms with E-state index in [0.717, 1.165) is 16.7 Å². The maximum atomic E-state index is 12.2. The van der Waals surface area contributed by atoms with Gasteiger partial charge in [-0.1, -0.05) is 49.4 Å².